The molecule has 0 aliphatic rings. The van der Waals surface area contributed by atoms with Crippen LogP contribution in [0.25, 0.3) is 0 Å². The number of unbranched alkanes of at least 4 members (excludes halogenated alkanes) is 2. The minimum absolute atomic E-state index is 0.0123. The van der Waals surface area contributed by atoms with Crippen LogP contribution < -0.4 is 9.47 Å². The van der Waals surface area contributed by atoms with Gasteiger partial charge in [0, 0.05) is 12.1 Å². The highest BCUT2D eigenvalue weighted by atomic mass is 19.1. The minimum Gasteiger partial charge on any atom is -0.423 e. The van der Waals surface area contributed by atoms with Crippen molar-refractivity contribution in [1.29, 1.82) is 0 Å². The summed E-state index contributed by atoms with van der Waals surface area (Å²) in [5, 5.41) is 0. The van der Waals surface area contributed by atoms with Crippen LogP contribution >= 0.6 is 0 Å². The second-order valence-corrected chi connectivity index (χ2v) is 7.36. The van der Waals surface area contributed by atoms with Crippen LogP contribution in [0.15, 0.2) is 60.7 Å². The number of benzene rings is 3. The first-order chi connectivity index (χ1) is 15.9. The topological polar surface area (TPSA) is 52.6 Å². The van der Waals surface area contributed by atoms with Gasteiger partial charge in [-0.25, -0.2) is 18.4 Å². The Bertz CT molecular complexity index is 1190. The largest absolute Gasteiger partial charge is 0.423 e. The standard InChI is InChI=1S/C27H22F2O4/c1-3-5-6-7-18-8-10-20(11-9-18)26(30)32-22-14-15-23(25(29)17-22)27(31)33-21-13-12-19(4-2)24(28)16-21/h2,8-17H,3,5-7H2,1H3. The summed E-state index contributed by atoms with van der Waals surface area (Å²) in [6.07, 6.45) is 9.45. The summed E-state index contributed by atoms with van der Waals surface area (Å²) in [5.74, 6) is -1.40. The number of hydrogen-bond acceptors (Lipinski definition) is 4. The maximum atomic E-state index is 14.5. The van der Waals surface area contributed by atoms with Gasteiger partial charge < -0.3 is 9.47 Å². The minimum atomic E-state index is -1.03. The molecule has 0 fully saturated rings. The molecule has 33 heavy (non-hydrogen) atoms. The van der Waals surface area contributed by atoms with Gasteiger partial charge in [0.2, 0.25) is 0 Å². The predicted molar refractivity (Wildman–Crippen MR) is 120 cm³/mol. The van der Waals surface area contributed by atoms with E-state index in [1.807, 2.05) is 12.1 Å². The first-order valence-electron chi connectivity index (χ1n) is 10.5. The maximum Gasteiger partial charge on any atom is 0.346 e. The quantitative estimate of drug-likeness (QED) is 0.180. The zero-order chi connectivity index (χ0) is 23.8. The van der Waals surface area contributed by atoms with E-state index in [4.69, 9.17) is 15.9 Å². The highest BCUT2D eigenvalue weighted by Gasteiger charge is 2.17. The molecule has 0 unspecified atom stereocenters. The fourth-order valence-corrected chi connectivity index (χ4v) is 3.12. The van der Waals surface area contributed by atoms with Crippen LogP contribution in [0.4, 0.5) is 8.78 Å². The summed E-state index contributed by atoms with van der Waals surface area (Å²) < 4.78 is 38.4. The number of ether oxygens (including phenoxy) is 2. The molecule has 0 radical (unpaired) electrons. The number of rotatable bonds is 8. The Hall–Kier alpha value is -3.98. The Morgan fingerprint density at radius 3 is 2.09 bits per heavy atom. The molecule has 3 rings (SSSR count). The molecular formula is C27H22F2O4. The van der Waals surface area contributed by atoms with Gasteiger partial charge in [-0.15, -0.1) is 6.42 Å². The Balaban J connectivity index is 1.64. The van der Waals surface area contributed by atoms with Crippen molar-refractivity contribution in [2.75, 3.05) is 0 Å². The van der Waals surface area contributed by atoms with Gasteiger partial charge in [0.1, 0.15) is 23.1 Å². The first kappa shape index (κ1) is 23.7. The van der Waals surface area contributed by atoms with Crippen molar-refractivity contribution < 1.29 is 27.8 Å². The number of esters is 2. The Kier molecular flexibility index (Phi) is 7.93. The van der Waals surface area contributed by atoms with Crippen LogP contribution in [-0.2, 0) is 6.42 Å². The molecule has 0 saturated carbocycles. The Morgan fingerprint density at radius 1 is 0.848 bits per heavy atom. The van der Waals surface area contributed by atoms with Crippen LogP contribution in [-0.4, -0.2) is 11.9 Å². The number of halogens is 2. The van der Waals surface area contributed by atoms with Crippen LogP contribution in [0.2, 0.25) is 0 Å². The Labute approximate surface area is 191 Å². The molecule has 0 spiro atoms. The smallest absolute Gasteiger partial charge is 0.346 e. The molecule has 4 nitrogen and oxygen atoms in total. The van der Waals surface area contributed by atoms with Gasteiger partial charge in [-0.2, -0.15) is 0 Å². The highest BCUT2D eigenvalue weighted by Crippen LogP contribution is 2.22. The van der Waals surface area contributed by atoms with Gasteiger partial charge in [0.05, 0.1) is 16.7 Å². The fourth-order valence-electron chi connectivity index (χ4n) is 3.12. The van der Waals surface area contributed by atoms with E-state index in [1.54, 1.807) is 12.1 Å². The molecule has 0 amide bonds. The van der Waals surface area contributed by atoms with Crippen LogP contribution in [0, 0.1) is 24.0 Å². The summed E-state index contributed by atoms with van der Waals surface area (Å²) >= 11 is 0. The maximum absolute atomic E-state index is 14.5. The lowest BCUT2D eigenvalue weighted by Gasteiger charge is -2.09. The molecule has 0 aliphatic heterocycles. The average molecular weight is 448 g/mol. The van der Waals surface area contributed by atoms with E-state index < -0.39 is 29.1 Å². The molecule has 3 aromatic rings. The third-order valence-corrected chi connectivity index (χ3v) is 4.94. The van der Waals surface area contributed by atoms with Crippen LogP contribution in [0.1, 0.15) is 58.0 Å². The molecular weight excluding hydrogens is 426 g/mol. The zero-order valence-corrected chi connectivity index (χ0v) is 18.1. The van der Waals surface area contributed by atoms with Crippen molar-refractivity contribution >= 4 is 11.9 Å². The molecule has 168 valence electrons. The van der Waals surface area contributed by atoms with Crippen molar-refractivity contribution in [3.05, 3.63) is 94.6 Å². The van der Waals surface area contributed by atoms with Crippen molar-refractivity contribution in [2.24, 2.45) is 0 Å². The number of hydrogen-bond donors (Lipinski definition) is 0. The predicted octanol–water partition coefficient (Wildman–Crippen LogP) is 6.12. The van der Waals surface area contributed by atoms with Crippen molar-refractivity contribution in [3.63, 3.8) is 0 Å². The SMILES string of the molecule is C#Cc1ccc(OC(=O)c2ccc(OC(=O)c3ccc(CCCCC)cc3)cc2F)cc1F. The molecule has 3 aromatic carbocycles. The first-order valence-corrected chi connectivity index (χ1v) is 10.5. The molecule has 0 aliphatic carbocycles. The van der Waals surface area contributed by atoms with Crippen molar-refractivity contribution in [1.82, 2.24) is 0 Å². The number of carbonyl (C=O) groups is 2. The van der Waals surface area contributed by atoms with Gasteiger partial charge >= 0.3 is 11.9 Å². The van der Waals surface area contributed by atoms with Crippen molar-refractivity contribution in [2.45, 2.75) is 32.6 Å². The molecule has 0 N–H and O–H groups in total. The van der Waals surface area contributed by atoms with Gasteiger partial charge in [-0.05, 0) is 54.8 Å². The van der Waals surface area contributed by atoms with E-state index in [-0.39, 0.29) is 17.1 Å². The van der Waals surface area contributed by atoms with E-state index in [9.17, 15) is 18.4 Å². The van der Waals surface area contributed by atoms with Gasteiger partial charge in [-0.3, -0.25) is 0 Å². The van der Waals surface area contributed by atoms with Gasteiger partial charge in [-0.1, -0.05) is 37.8 Å². The lowest BCUT2D eigenvalue weighted by molar-refractivity contribution is 0.0728. The molecule has 0 aromatic heterocycles. The van der Waals surface area contributed by atoms with Crippen LogP contribution in [0.3, 0.4) is 0 Å². The van der Waals surface area contributed by atoms with E-state index in [0.29, 0.717) is 5.56 Å². The molecule has 0 heterocycles. The van der Waals surface area contributed by atoms with Gasteiger partial charge in [0.25, 0.3) is 0 Å². The van der Waals surface area contributed by atoms with E-state index >= 15 is 0 Å². The Morgan fingerprint density at radius 2 is 1.48 bits per heavy atom. The summed E-state index contributed by atoms with van der Waals surface area (Å²) in [4.78, 5) is 24.6. The number of carbonyl (C=O) groups excluding carboxylic acids is 2. The second kappa shape index (κ2) is 11.1. The zero-order valence-electron chi connectivity index (χ0n) is 18.1. The molecule has 0 saturated heterocycles. The third-order valence-electron chi connectivity index (χ3n) is 4.94. The summed E-state index contributed by atoms with van der Waals surface area (Å²) in [5.41, 5.74) is 1.07. The monoisotopic (exact) mass is 448 g/mol. The van der Waals surface area contributed by atoms with Gasteiger partial charge in [0.15, 0.2) is 0 Å². The van der Waals surface area contributed by atoms with Crippen LogP contribution in [0.5, 0.6) is 11.5 Å². The summed E-state index contributed by atoms with van der Waals surface area (Å²) in [6.45, 7) is 2.14. The number of terminal acetylenes is 1. The second-order valence-electron chi connectivity index (χ2n) is 7.36. The highest BCUT2D eigenvalue weighted by molar-refractivity contribution is 5.93. The molecule has 6 heteroatoms. The average Bonchev–Trinajstić information content (AvgIpc) is 2.80. The summed E-state index contributed by atoms with van der Waals surface area (Å²) in [7, 11) is 0. The normalized spacial score (nSPS) is 10.4. The lowest BCUT2D eigenvalue weighted by Crippen LogP contribution is -2.12. The summed E-state index contributed by atoms with van der Waals surface area (Å²) in [6, 6.07) is 13.9. The third kappa shape index (κ3) is 6.27. The molecule has 0 bridgehead atoms. The van der Waals surface area contributed by atoms with E-state index in [0.717, 1.165) is 49.4 Å². The fraction of sp³-hybridized carbons (Fsp3) is 0.185. The lowest BCUT2D eigenvalue weighted by atomic mass is 10.1. The molecule has 0 atom stereocenters. The van der Waals surface area contributed by atoms with Crippen molar-refractivity contribution in [3.8, 4) is 23.8 Å². The number of aryl methyl sites for hydroxylation is 1. The van der Waals surface area contributed by atoms with E-state index in [1.165, 1.54) is 18.2 Å². The van der Waals surface area contributed by atoms with E-state index in [2.05, 4.69) is 12.8 Å².